The molecule has 0 saturated carbocycles. The van der Waals surface area contributed by atoms with E-state index in [1.807, 2.05) is 25.1 Å². The average molecular weight is 222 g/mol. The zero-order valence-corrected chi connectivity index (χ0v) is 9.76. The topological polar surface area (TPSA) is 53.4 Å². The molecule has 1 heterocycles. The number of aliphatic hydroxyl groups excluding tert-OH is 1. The highest BCUT2D eigenvalue weighted by molar-refractivity contribution is 5.78. The first kappa shape index (κ1) is 12.6. The lowest BCUT2D eigenvalue weighted by Crippen LogP contribution is -2.34. The van der Waals surface area contributed by atoms with Crippen LogP contribution < -0.4 is 0 Å². The molecule has 0 fully saturated rings. The van der Waals surface area contributed by atoms with Crippen molar-refractivity contribution in [2.24, 2.45) is 5.92 Å². The van der Waals surface area contributed by atoms with Crippen LogP contribution in [0.1, 0.15) is 19.0 Å². The van der Waals surface area contributed by atoms with Gasteiger partial charge in [0.2, 0.25) is 5.91 Å². The summed E-state index contributed by atoms with van der Waals surface area (Å²) in [6.07, 6.45) is 2.36. The monoisotopic (exact) mass is 222 g/mol. The van der Waals surface area contributed by atoms with Gasteiger partial charge < -0.3 is 10.0 Å². The van der Waals surface area contributed by atoms with E-state index in [0.29, 0.717) is 13.0 Å². The molecule has 0 saturated heterocycles. The van der Waals surface area contributed by atoms with Gasteiger partial charge in [-0.05, 0) is 18.6 Å². The molecule has 0 bridgehead atoms. The first-order valence-corrected chi connectivity index (χ1v) is 5.44. The van der Waals surface area contributed by atoms with Gasteiger partial charge >= 0.3 is 0 Å². The van der Waals surface area contributed by atoms with Crippen LogP contribution in [0.25, 0.3) is 0 Å². The summed E-state index contributed by atoms with van der Waals surface area (Å²) < 4.78 is 0. The van der Waals surface area contributed by atoms with Crippen molar-refractivity contribution in [3.05, 3.63) is 30.1 Å². The molecule has 16 heavy (non-hydrogen) atoms. The quantitative estimate of drug-likeness (QED) is 0.810. The van der Waals surface area contributed by atoms with E-state index in [9.17, 15) is 4.79 Å². The van der Waals surface area contributed by atoms with Gasteiger partial charge in [-0.3, -0.25) is 9.78 Å². The van der Waals surface area contributed by atoms with Crippen LogP contribution in [0.3, 0.4) is 0 Å². The zero-order chi connectivity index (χ0) is 12.0. The predicted octanol–water partition coefficient (Wildman–Crippen LogP) is 1.06. The van der Waals surface area contributed by atoms with Crippen molar-refractivity contribution in [3.8, 4) is 0 Å². The lowest BCUT2D eigenvalue weighted by atomic mass is 10.1. The summed E-state index contributed by atoms with van der Waals surface area (Å²) in [6.45, 7) is 2.28. The molecule has 0 aromatic carbocycles. The van der Waals surface area contributed by atoms with Gasteiger partial charge in [0.05, 0.1) is 24.8 Å². The number of rotatable bonds is 5. The van der Waals surface area contributed by atoms with Crippen molar-refractivity contribution in [2.75, 3.05) is 13.7 Å². The number of pyridine rings is 1. The van der Waals surface area contributed by atoms with E-state index >= 15 is 0 Å². The molecule has 1 N–H and O–H groups in total. The van der Waals surface area contributed by atoms with E-state index in [1.165, 1.54) is 0 Å². The summed E-state index contributed by atoms with van der Waals surface area (Å²) in [4.78, 5) is 17.6. The minimum Gasteiger partial charge on any atom is -0.396 e. The van der Waals surface area contributed by atoms with Gasteiger partial charge in [-0.25, -0.2) is 0 Å². The van der Waals surface area contributed by atoms with Crippen LogP contribution in [0.5, 0.6) is 0 Å². The van der Waals surface area contributed by atoms with E-state index in [1.54, 1.807) is 18.1 Å². The van der Waals surface area contributed by atoms with E-state index in [-0.39, 0.29) is 18.4 Å². The van der Waals surface area contributed by atoms with Crippen LogP contribution in [0.2, 0.25) is 0 Å². The Balaban J connectivity index is 2.58. The first-order valence-electron chi connectivity index (χ1n) is 5.44. The Hall–Kier alpha value is -1.42. The van der Waals surface area contributed by atoms with Gasteiger partial charge in [-0.2, -0.15) is 0 Å². The molecule has 0 spiro atoms. The summed E-state index contributed by atoms with van der Waals surface area (Å²) in [5.74, 6) is -0.329. The van der Waals surface area contributed by atoms with Crippen LogP contribution in [-0.2, 0) is 11.3 Å². The van der Waals surface area contributed by atoms with Crippen molar-refractivity contribution in [2.45, 2.75) is 19.9 Å². The lowest BCUT2D eigenvalue weighted by molar-refractivity contribution is -0.136. The number of aromatic nitrogens is 1. The molecule has 88 valence electrons. The molecule has 1 aromatic rings. The molecular weight excluding hydrogens is 204 g/mol. The normalized spacial score (nSPS) is 12.2. The highest BCUT2D eigenvalue weighted by Crippen LogP contribution is 2.08. The van der Waals surface area contributed by atoms with Gasteiger partial charge in [-0.15, -0.1) is 0 Å². The van der Waals surface area contributed by atoms with Crippen molar-refractivity contribution in [1.29, 1.82) is 0 Å². The second-order valence-electron chi connectivity index (χ2n) is 3.80. The zero-order valence-electron chi connectivity index (χ0n) is 9.76. The number of aliphatic hydroxyl groups is 1. The molecular formula is C12H18N2O2. The number of nitrogens with zero attached hydrogens (tertiary/aromatic N) is 2. The van der Waals surface area contributed by atoms with Crippen LogP contribution in [0, 0.1) is 5.92 Å². The molecule has 1 atom stereocenters. The Labute approximate surface area is 95.9 Å². The third kappa shape index (κ3) is 3.31. The van der Waals surface area contributed by atoms with Crippen molar-refractivity contribution >= 4 is 5.91 Å². The molecule has 0 aliphatic rings. The Morgan fingerprint density at radius 2 is 2.31 bits per heavy atom. The Morgan fingerprint density at radius 3 is 2.81 bits per heavy atom. The molecule has 0 radical (unpaired) electrons. The fourth-order valence-corrected chi connectivity index (χ4v) is 1.51. The fourth-order valence-electron chi connectivity index (χ4n) is 1.51. The number of hydrogen-bond donors (Lipinski definition) is 1. The molecule has 0 aliphatic carbocycles. The number of carbonyl (C=O) groups excluding carboxylic acids is 1. The summed E-state index contributed by atoms with van der Waals surface area (Å²) in [5.41, 5.74) is 0.853. The SMILES string of the molecule is CCC(CO)C(=O)N(C)Cc1ccccn1. The largest absolute Gasteiger partial charge is 0.396 e. The summed E-state index contributed by atoms with van der Waals surface area (Å²) in [7, 11) is 1.73. The minimum atomic E-state index is -0.297. The Kier molecular flexibility index (Phi) is 4.92. The van der Waals surface area contributed by atoms with Gasteiger partial charge in [0, 0.05) is 13.2 Å². The minimum absolute atomic E-state index is 0.0318. The second-order valence-corrected chi connectivity index (χ2v) is 3.80. The van der Waals surface area contributed by atoms with Crippen LogP contribution in [-0.4, -0.2) is 34.6 Å². The lowest BCUT2D eigenvalue weighted by Gasteiger charge is -2.21. The third-order valence-electron chi connectivity index (χ3n) is 2.56. The number of carbonyl (C=O) groups is 1. The number of amides is 1. The predicted molar refractivity (Wildman–Crippen MR) is 61.6 cm³/mol. The Bertz CT molecular complexity index is 323. The molecule has 4 heteroatoms. The van der Waals surface area contributed by atoms with E-state index < -0.39 is 0 Å². The number of hydrogen-bond acceptors (Lipinski definition) is 3. The van der Waals surface area contributed by atoms with Crippen molar-refractivity contribution in [3.63, 3.8) is 0 Å². The summed E-state index contributed by atoms with van der Waals surface area (Å²) in [5, 5.41) is 9.05. The fraction of sp³-hybridized carbons (Fsp3) is 0.500. The van der Waals surface area contributed by atoms with E-state index in [4.69, 9.17) is 5.11 Å². The smallest absolute Gasteiger partial charge is 0.228 e. The summed E-state index contributed by atoms with van der Waals surface area (Å²) >= 11 is 0. The standard InChI is InChI=1S/C12H18N2O2/c1-3-10(9-15)12(16)14(2)8-11-6-4-5-7-13-11/h4-7,10,15H,3,8-9H2,1-2H3. The molecule has 1 unspecified atom stereocenters. The average Bonchev–Trinajstić information content (AvgIpc) is 2.31. The second kappa shape index (κ2) is 6.23. The molecule has 1 rings (SSSR count). The molecule has 1 amide bonds. The summed E-state index contributed by atoms with van der Waals surface area (Å²) in [6, 6.07) is 5.61. The van der Waals surface area contributed by atoms with Crippen LogP contribution in [0.15, 0.2) is 24.4 Å². The maximum absolute atomic E-state index is 11.8. The van der Waals surface area contributed by atoms with Gasteiger partial charge in [0.1, 0.15) is 0 Å². The van der Waals surface area contributed by atoms with E-state index in [0.717, 1.165) is 5.69 Å². The van der Waals surface area contributed by atoms with E-state index in [2.05, 4.69) is 4.98 Å². The van der Waals surface area contributed by atoms with Gasteiger partial charge in [0.15, 0.2) is 0 Å². The highest BCUT2D eigenvalue weighted by atomic mass is 16.3. The molecule has 4 nitrogen and oxygen atoms in total. The third-order valence-corrected chi connectivity index (χ3v) is 2.56. The maximum Gasteiger partial charge on any atom is 0.228 e. The van der Waals surface area contributed by atoms with Gasteiger partial charge in [-0.1, -0.05) is 13.0 Å². The highest BCUT2D eigenvalue weighted by Gasteiger charge is 2.19. The maximum atomic E-state index is 11.8. The molecule has 1 aromatic heterocycles. The first-order chi connectivity index (χ1) is 7.69. The van der Waals surface area contributed by atoms with Gasteiger partial charge in [0.25, 0.3) is 0 Å². The van der Waals surface area contributed by atoms with Crippen LogP contribution >= 0.6 is 0 Å². The van der Waals surface area contributed by atoms with Crippen molar-refractivity contribution in [1.82, 2.24) is 9.88 Å². The Morgan fingerprint density at radius 1 is 1.56 bits per heavy atom. The van der Waals surface area contributed by atoms with Crippen LogP contribution in [0.4, 0.5) is 0 Å². The molecule has 0 aliphatic heterocycles. The van der Waals surface area contributed by atoms with Crippen molar-refractivity contribution < 1.29 is 9.90 Å².